The largest absolute Gasteiger partial charge is 0.457 e. The predicted octanol–water partition coefficient (Wildman–Crippen LogP) is 6.86. The topological polar surface area (TPSA) is 105 Å². The van der Waals surface area contributed by atoms with Gasteiger partial charge in [0.25, 0.3) is 11.1 Å². The van der Waals surface area contributed by atoms with Crippen LogP contribution in [0.4, 0.5) is 9.59 Å². The van der Waals surface area contributed by atoms with Crippen LogP contribution >= 0.6 is 11.8 Å². The first-order valence-corrected chi connectivity index (χ1v) is 15.1. The molecular formula is C34H33N3O5S. The summed E-state index contributed by atoms with van der Waals surface area (Å²) in [4.78, 5) is 51.9. The lowest BCUT2D eigenvalue weighted by Crippen LogP contribution is -2.48. The molecule has 4 amide bonds. The average Bonchev–Trinajstić information content (AvgIpc) is 3.35. The number of unbranched alkanes of at least 4 members (excludes halogenated alkanes) is 3. The fraction of sp³-hybridized carbons (Fsp3) is 0.235. The molecule has 3 aromatic carbocycles. The van der Waals surface area contributed by atoms with E-state index in [9.17, 15) is 19.2 Å². The van der Waals surface area contributed by atoms with Crippen molar-refractivity contribution in [2.24, 2.45) is 0 Å². The third-order valence-corrected chi connectivity index (χ3v) is 8.30. The Labute approximate surface area is 255 Å². The van der Waals surface area contributed by atoms with Gasteiger partial charge in [-0.15, -0.1) is 0 Å². The second-order valence-electron chi connectivity index (χ2n) is 10.3. The van der Waals surface area contributed by atoms with Gasteiger partial charge in [0.15, 0.2) is 0 Å². The maximum atomic E-state index is 13.6. The van der Waals surface area contributed by atoms with E-state index in [1.807, 2.05) is 84.9 Å². The number of imide groups is 1. The van der Waals surface area contributed by atoms with Gasteiger partial charge in [-0.1, -0.05) is 97.4 Å². The standard InChI is InChI=1S/C34H33N3O5S/c1-23-29(32(39)42-22-24-12-6-4-7-13-24)30(27-19-17-26(18-20-27)25-14-8-5-9-15-25)35-33(40)37(23)21-11-3-2-10-16-28-31(38)36-34(41)43-28/h4-9,12-20,30H,2-3,10-11,21-22H2,1H3,(H,35,40)(H,36,38,41)/b28-16-. The number of nitrogens with one attached hydrogen (secondary N) is 2. The van der Waals surface area contributed by atoms with Crippen LogP contribution in [0.1, 0.15) is 49.8 Å². The molecule has 0 radical (unpaired) electrons. The van der Waals surface area contributed by atoms with Gasteiger partial charge in [0, 0.05) is 12.2 Å². The summed E-state index contributed by atoms with van der Waals surface area (Å²) >= 11 is 0.914. The van der Waals surface area contributed by atoms with E-state index in [1.165, 1.54) is 0 Å². The second kappa shape index (κ2) is 14.0. The van der Waals surface area contributed by atoms with Gasteiger partial charge in [0.05, 0.1) is 16.5 Å². The van der Waals surface area contributed by atoms with Crippen molar-refractivity contribution in [3.8, 4) is 11.1 Å². The quantitative estimate of drug-likeness (QED) is 0.143. The van der Waals surface area contributed by atoms with E-state index in [2.05, 4.69) is 10.6 Å². The van der Waals surface area contributed by atoms with Gasteiger partial charge in [-0.2, -0.15) is 0 Å². The van der Waals surface area contributed by atoms with Crippen LogP contribution < -0.4 is 10.6 Å². The van der Waals surface area contributed by atoms with Gasteiger partial charge in [-0.05, 0) is 60.2 Å². The number of ether oxygens (including phenoxy) is 1. The molecule has 8 nitrogen and oxygen atoms in total. The minimum atomic E-state index is -0.652. The Morgan fingerprint density at radius 1 is 0.884 bits per heavy atom. The predicted molar refractivity (Wildman–Crippen MR) is 166 cm³/mol. The van der Waals surface area contributed by atoms with Gasteiger partial charge < -0.3 is 10.1 Å². The summed E-state index contributed by atoms with van der Waals surface area (Å²) in [6.45, 7) is 2.35. The molecule has 1 unspecified atom stereocenters. The summed E-state index contributed by atoms with van der Waals surface area (Å²) in [7, 11) is 0. The molecule has 43 heavy (non-hydrogen) atoms. The van der Waals surface area contributed by atoms with E-state index in [1.54, 1.807) is 17.9 Å². The van der Waals surface area contributed by atoms with Crippen LogP contribution in [0.5, 0.6) is 0 Å². The number of allylic oxidation sites excluding steroid dienone is 2. The Kier molecular flexibility index (Phi) is 9.73. The Morgan fingerprint density at radius 3 is 2.23 bits per heavy atom. The molecule has 2 heterocycles. The van der Waals surface area contributed by atoms with E-state index >= 15 is 0 Å². The molecule has 0 spiro atoms. The van der Waals surface area contributed by atoms with Crippen molar-refractivity contribution in [1.82, 2.24) is 15.5 Å². The summed E-state index contributed by atoms with van der Waals surface area (Å²) in [5, 5.41) is 4.94. The number of amides is 4. The molecule has 0 bridgehead atoms. The van der Waals surface area contributed by atoms with Gasteiger partial charge in [0.1, 0.15) is 6.61 Å². The molecule has 2 aliphatic heterocycles. The van der Waals surface area contributed by atoms with Crippen LogP contribution in [-0.4, -0.2) is 34.6 Å². The SMILES string of the molecule is CC1=C(C(=O)OCc2ccccc2)C(c2ccc(-c3ccccc3)cc2)NC(=O)N1CCCCC/C=C1\SC(=O)NC1=O. The van der Waals surface area contributed by atoms with Gasteiger partial charge in [-0.25, -0.2) is 9.59 Å². The maximum Gasteiger partial charge on any atom is 0.338 e. The van der Waals surface area contributed by atoms with E-state index in [0.717, 1.165) is 46.9 Å². The van der Waals surface area contributed by atoms with Crippen molar-refractivity contribution < 1.29 is 23.9 Å². The Morgan fingerprint density at radius 2 is 1.56 bits per heavy atom. The molecule has 0 aliphatic carbocycles. The van der Waals surface area contributed by atoms with Crippen LogP contribution in [0.15, 0.2) is 107 Å². The highest BCUT2D eigenvalue weighted by Crippen LogP contribution is 2.33. The molecule has 0 aromatic heterocycles. The lowest BCUT2D eigenvalue weighted by Gasteiger charge is -2.35. The van der Waals surface area contributed by atoms with Gasteiger partial charge in [0.2, 0.25) is 0 Å². The highest BCUT2D eigenvalue weighted by molar-refractivity contribution is 8.18. The van der Waals surface area contributed by atoms with Crippen LogP contribution in [0.2, 0.25) is 0 Å². The third kappa shape index (κ3) is 7.42. The first-order chi connectivity index (χ1) is 20.9. The molecule has 2 aliphatic rings. The van der Waals surface area contributed by atoms with Crippen molar-refractivity contribution in [1.29, 1.82) is 0 Å². The number of esters is 1. The number of thioether (sulfide) groups is 1. The molecule has 9 heteroatoms. The number of carbonyl (C=O) groups is 4. The second-order valence-corrected chi connectivity index (χ2v) is 11.4. The number of hydrogen-bond acceptors (Lipinski definition) is 6. The van der Waals surface area contributed by atoms with Crippen molar-refractivity contribution in [3.05, 3.63) is 118 Å². The fourth-order valence-electron chi connectivity index (χ4n) is 5.15. The number of benzene rings is 3. The normalized spacial score (nSPS) is 17.7. The summed E-state index contributed by atoms with van der Waals surface area (Å²) < 4.78 is 5.75. The third-order valence-electron chi connectivity index (χ3n) is 7.44. The van der Waals surface area contributed by atoms with Crippen LogP contribution in [0.3, 0.4) is 0 Å². The molecule has 1 saturated heterocycles. The number of nitrogens with zero attached hydrogens (tertiary/aromatic N) is 1. The van der Waals surface area contributed by atoms with E-state index in [0.29, 0.717) is 35.6 Å². The van der Waals surface area contributed by atoms with Crippen molar-refractivity contribution in [2.45, 2.75) is 45.3 Å². The van der Waals surface area contributed by atoms with Gasteiger partial charge >= 0.3 is 12.0 Å². The number of hydrogen-bond donors (Lipinski definition) is 2. The first-order valence-electron chi connectivity index (χ1n) is 14.3. The Bertz CT molecular complexity index is 1550. The fourth-order valence-corrected chi connectivity index (χ4v) is 5.84. The highest BCUT2D eigenvalue weighted by atomic mass is 32.2. The van der Waals surface area contributed by atoms with E-state index < -0.39 is 12.0 Å². The number of urea groups is 1. The van der Waals surface area contributed by atoms with Crippen molar-refractivity contribution >= 4 is 34.9 Å². The zero-order valence-electron chi connectivity index (χ0n) is 23.9. The van der Waals surface area contributed by atoms with E-state index in [-0.39, 0.29) is 23.8 Å². The average molecular weight is 596 g/mol. The van der Waals surface area contributed by atoms with Crippen molar-refractivity contribution in [3.63, 3.8) is 0 Å². The maximum absolute atomic E-state index is 13.6. The first kappa shape index (κ1) is 29.8. The molecule has 3 aromatic rings. The Hall–Kier alpha value is -4.63. The molecule has 0 saturated carbocycles. The molecular weight excluding hydrogens is 562 g/mol. The smallest absolute Gasteiger partial charge is 0.338 e. The van der Waals surface area contributed by atoms with Crippen LogP contribution in [0.25, 0.3) is 11.1 Å². The minimum absolute atomic E-state index is 0.126. The lowest BCUT2D eigenvalue weighted by molar-refractivity contribution is -0.141. The summed E-state index contributed by atoms with van der Waals surface area (Å²) in [5.41, 5.74) is 4.76. The Balaban J connectivity index is 1.30. The number of carbonyl (C=O) groups excluding carboxylic acids is 4. The van der Waals surface area contributed by atoms with E-state index in [4.69, 9.17) is 4.74 Å². The van der Waals surface area contributed by atoms with Crippen LogP contribution in [0, 0.1) is 0 Å². The monoisotopic (exact) mass is 595 g/mol. The zero-order valence-corrected chi connectivity index (χ0v) is 24.7. The summed E-state index contributed by atoms with van der Waals surface area (Å²) in [5.74, 6) is -0.825. The molecule has 1 atom stereocenters. The molecule has 220 valence electrons. The van der Waals surface area contributed by atoms with Crippen LogP contribution in [-0.2, 0) is 20.9 Å². The summed E-state index contributed by atoms with van der Waals surface area (Å²) in [6, 6.07) is 26.4. The molecule has 1 fully saturated rings. The number of rotatable bonds is 11. The van der Waals surface area contributed by atoms with Gasteiger partial charge in [-0.3, -0.25) is 19.8 Å². The zero-order chi connectivity index (χ0) is 30.2. The lowest BCUT2D eigenvalue weighted by atomic mass is 9.93. The van der Waals surface area contributed by atoms with Crippen molar-refractivity contribution in [2.75, 3.05) is 6.54 Å². The molecule has 2 N–H and O–H groups in total. The minimum Gasteiger partial charge on any atom is -0.457 e. The summed E-state index contributed by atoms with van der Waals surface area (Å²) in [6.07, 6.45) is 4.74. The molecule has 5 rings (SSSR count). The highest BCUT2D eigenvalue weighted by Gasteiger charge is 2.36.